The first-order chi connectivity index (χ1) is 11.4. The van der Waals surface area contributed by atoms with Gasteiger partial charge in [0.05, 0.1) is 11.0 Å². The Labute approximate surface area is 139 Å². The van der Waals surface area contributed by atoms with Crippen molar-refractivity contribution in [3.63, 3.8) is 0 Å². The van der Waals surface area contributed by atoms with E-state index < -0.39 is 0 Å². The van der Waals surface area contributed by atoms with Gasteiger partial charge >= 0.3 is 0 Å². The average Bonchev–Trinajstić information content (AvgIpc) is 3.33. The van der Waals surface area contributed by atoms with Crippen molar-refractivity contribution in [2.24, 2.45) is 0 Å². The van der Waals surface area contributed by atoms with Crippen LogP contribution >= 0.6 is 11.3 Å². The molecule has 1 aliphatic rings. The van der Waals surface area contributed by atoms with E-state index in [1.807, 2.05) is 6.07 Å². The number of H-pyrrole nitrogens is 1. The van der Waals surface area contributed by atoms with Crippen molar-refractivity contribution in [1.29, 1.82) is 0 Å². The number of nitrogens with one attached hydrogen (secondary N) is 1. The maximum Gasteiger partial charge on any atom is 0.191 e. The van der Waals surface area contributed by atoms with Crippen LogP contribution in [0.5, 0.6) is 0 Å². The second-order valence-electron chi connectivity index (χ2n) is 5.79. The fraction of sp³-hybridized carbons (Fsp3) is 0.333. The fourth-order valence-corrected chi connectivity index (χ4v) is 3.90. The summed E-state index contributed by atoms with van der Waals surface area (Å²) in [5, 5.41) is 7.44. The Morgan fingerprint density at radius 1 is 1.13 bits per heavy atom. The van der Waals surface area contributed by atoms with Crippen molar-refractivity contribution in [2.75, 3.05) is 6.61 Å². The molecule has 0 radical (unpaired) electrons. The van der Waals surface area contributed by atoms with Crippen LogP contribution in [0.25, 0.3) is 10.7 Å². The molecule has 0 saturated carbocycles. The van der Waals surface area contributed by atoms with Gasteiger partial charge in [0.25, 0.3) is 0 Å². The summed E-state index contributed by atoms with van der Waals surface area (Å²) >= 11 is 1.74. The van der Waals surface area contributed by atoms with Crippen LogP contribution in [0, 0.1) is 0 Å². The van der Waals surface area contributed by atoms with Gasteiger partial charge < -0.3 is 4.74 Å². The van der Waals surface area contributed by atoms with Crippen molar-refractivity contribution < 1.29 is 4.74 Å². The number of aryl methyl sites for hydroxylation is 2. The Bertz CT molecular complexity index is 759. The van der Waals surface area contributed by atoms with Crippen molar-refractivity contribution in [2.45, 2.75) is 31.8 Å². The number of rotatable bonds is 5. The van der Waals surface area contributed by atoms with Crippen LogP contribution in [0.1, 0.15) is 35.2 Å². The Kier molecular flexibility index (Phi) is 4.22. The number of thiophene rings is 1. The van der Waals surface area contributed by atoms with Gasteiger partial charge in [-0.2, -0.15) is 5.10 Å². The highest BCUT2D eigenvalue weighted by Gasteiger charge is 2.20. The molecule has 2 aromatic heterocycles. The largest absolute Gasteiger partial charge is 0.373 e. The molecule has 0 spiro atoms. The number of nitrogens with zero attached hydrogens (tertiary/aromatic N) is 2. The lowest BCUT2D eigenvalue weighted by Crippen LogP contribution is -1.93. The average molecular weight is 325 g/mol. The molecule has 4 rings (SSSR count). The van der Waals surface area contributed by atoms with E-state index in [1.165, 1.54) is 10.4 Å². The molecule has 4 nitrogen and oxygen atoms in total. The van der Waals surface area contributed by atoms with Crippen molar-refractivity contribution in [3.05, 3.63) is 58.7 Å². The lowest BCUT2D eigenvalue weighted by molar-refractivity contribution is 0.114. The fourth-order valence-electron chi connectivity index (χ4n) is 2.87. The number of ether oxygens (including phenoxy) is 1. The molecule has 23 heavy (non-hydrogen) atoms. The van der Waals surface area contributed by atoms with Crippen LogP contribution < -0.4 is 0 Å². The minimum absolute atomic E-state index is 0.269. The Balaban J connectivity index is 1.43. The number of hydrogen-bond donors (Lipinski definition) is 1. The van der Waals surface area contributed by atoms with E-state index in [0.29, 0.717) is 0 Å². The summed E-state index contributed by atoms with van der Waals surface area (Å²) in [6.07, 6.45) is 4.39. The van der Waals surface area contributed by atoms with Gasteiger partial charge in [-0.1, -0.05) is 30.3 Å². The summed E-state index contributed by atoms with van der Waals surface area (Å²) in [6.45, 7) is 0.877. The van der Waals surface area contributed by atoms with Crippen LogP contribution in [-0.2, 0) is 17.6 Å². The number of hydrogen-bond acceptors (Lipinski definition) is 4. The van der Waals surface area contributed by atoms with Gasteiger partial charge in [0.1, 0.15) is 5.82 Å². The smallest absolute Gasteiger partial charge is 0.191 e. The molecule has 118 valence electrons. The quantitative estimate of drug-likeness (QED) is 0.766. The summed E-state index contributed by atoms with van der Waals surface area (Å²) in [6, 6.07) is 14.7. The zero-order chi connectivity index (χ0) is 15.5. The molecule has 1 atom stereocenters. The molecular weight excluding hydrogens is 306 g/mol. The number of aromatic amines is 1. The van der Waals surface area contributed by atoms with Gasteiger partial charge in [-0.15, -0.1) is 11.3 Å². The molecule has 1 N–H and O–H groups in total. The molecule has 3 heterocycles. The number of benzene rings is 1. The second-order valence-corrected chi connectivity index (χ2v) is 6.91. The predicted octanol–water partition coefficient (Wildman–Crippen LogP) is 4.17. The molecule has 1 aromatic carbocycles. The first kappa shape index (κ1) is 14.6. The molecule has 0 aliphatic carbocycles. The normalized spacial score (nSPS) is 17.7. The molecule has 0 amide bonds. The summed E-state index contributed by atoms with van der Waals surface area (Å²) in [4.78, 5) is 7.03. The van der Waals surface area contributed by atoms with Crippen LogP contribution in [0.4, 0.5) is 0 Å². The van der Waals surface area contributed by atoms with Gasteiger partial charge in [0.15, 0.2) is 5.82 Å². The minimum atomic E-state index is 0.269. The van der Waals surface area contributed by atoms with Crippen molar-refractivity contribution in [1.82, 2.24) is 15.2 Å². The topological polar surface area (TPSA) is 50.8 Å². The van der Waals surface area contributed by atoms with E-state index in [1.54, 1.807) is 11.3 Å². The van der Waals surface area contributed by atoms with Crippen LogP contribution in [0.3, 0.4) is 0 Å². The van der Waals surface area contributed by atoms with E-state index in [-0.39, 0.29) is 6.10 Å². The molecule has 0 bridgehead atoms. The number of aromatic nitrogens is 3. The van der Waals surface area contributed by atoms with Gasteiger partial charge in [0.2, 0.25) is 0 Å². The molecule has 5 heteroatoms. The summed E-state index contributed by atoms with van der Waals surface area (Å²) in [5.41, 5.74) is 1.32. The Morgan fingerprint density at radius 2 is 2.04 bits per heavy atom. The third kappa shape index (κ3) is 3.35. The highest BCUT2D eigenvalue weighted by atomic mass is 32.1. The molecular formula is C18H19N3OS. The third-order valence-electron chi connectivity index (χ3n) is 4.12. The molecule has 1 aliphatic heterocycles. The van der Waals surface area contributed by atoms with E-state index in [2.05, 4.69) is 51.6 Å². The van der Waals surface area contributed by atoms with Gasteiger partial charge in [-0.3, -0.25) is 5.10 Å². The van der Waals surface area contributed by atoms with E-state index >= 15 is 0 Å². The van der Waals surface area contributed by atoms with E-state index in [9.17, 15) is 0 Å². The monoisotopic (exact) mass is 325 g/mol. The van der Waals surface area contributed by atoms with Crippen molar-refractivity contribution >= 4 is 11.3 Å². The van der Waals surface area contributed by atoms with Gasteiger partial charge in [0, 0.05) is 17.9 Å². The maximum absolute atomic E-state index is 5.74. The van der Waals surface area contributed by atoms with E-state index in [4.69, 9.17) is 4.74 Å². The van der Waals surface area contributed by atoms with Gasteiger partial charge in [-0.05, 0) is 37.0 Å². The zero-order valence-corrected chi connectivity index (χ0v) is 13.7. The minimum Gasteiger partial charge on any atom is -0.373 e. The standard InChI is InChI=1S/C18H19N3OS/c1-2-5-13(6-3-1)8-11-17-19-18(21-20-17)16-10-9-15(23-16)14-7-4-12-22-14/h1-3,5-6,9-10,14H,4,7-8,11-12H2,(H,19,20,21). The van der Waals surface area contributed by atoms with Gasteiger partial charge in [-0.25, -0.2) is 4.98 Å². The lowest BCUT2D eigenvalue weighted by Gasteiger charge is -2.04. The predicted molar refractivity (Wildman–Crippen MR) is 91.5 cm³/mol. The summed E-state index contributed by atoms with van der Waals surface area (Å²) < 4.78 is 5.74. The Hall–Kier alpha value is -1.98. The second kappa shape index (κ2) is 6.64. The molecule has 1 fully saturated rings. The molecule has 3 aromatic rings. The first-order valence-corrected chi connectivity index (χ1v) is 8.87. The summed E-state index contributed by atoms with van der Waals surface area (Å²) in [5.74, 6) is 1.73. The van der Waals surface area contributed by atoms with Crippen LogP contribution in [0.15, 0.2) is 42.5 Å². The lowest BCUT2D eigenvalue weighted by atomic mass is 10.1. The maximum atomic E-state index is 5.74. The SMILES string of the molecule is c1ccc(CCc2nc(-c3ccc(C4CCCO4)s3)n[nH]2)cc1. The highest BCUT2D eigenvalue weighted by Crippen LogP contribution is 2.36. The van der Waals surface area contributed by atoms with Crippen LogP contribution in [0.2, 0.25) is 0 Å². The summed E-state index contributed by atoms with van der Waals surface area (Å²) in [7, 11) is 0. The third-order valence-corrected chi connectivity index (χ3v) is 5.29. The first-order valence-electron chi connectivity index (χ1n) is 8.05. The highest BCUT2D eigenvalue weighted by molar-refractivity contribution is 7.15. The Morgan fingerprint density at radius 3 is 2.87 bits per heavy atom. The van der Waals surface area contributed by atoms with Crippen molar-refractivity contribution in [3.8, 4) is 10.7 Å². The zero-order valence-electron chi connectivity index (χ0n) is 12.9. The van der Waals surface area contributed by atoms with Crippen LogP contribution in [-0.4, -0.2) is 21.8 Å². The molecule has 1 unspecified atom stereocenters. The molecule has 1 saturated heterocycles. The van der Waals surface area contributed by atoms with E-state index in [0.717, 1.165) is 48.8 Å².